The van der Waals surface area contributed by atoms with Gasteiger partial charge in [-0.2, -0.15) is 0 Å². The van der Waals surface area contributed by atoms with E-state index in [2.05, 4.69) is 0 Å². The minimum Gasteiger partial charge on any atom is -0.508 e. The van der Waals surface area contributed by atoms with Gasteiger partial charge in [-0.15, -0.1) is 0 Å². The van der Waals surface area contributed by atoms with Crippen LogP contribution in [-0.2, 0) is 17.9 Å². The summed E-state index contributed by atoms with van der Waals surface area (Å²) >= 11 is 0. The summed E-state index contributed by atoms with van der Waals surface area (Å²) in [7, 11) is 0. The van der Waals surface area contributed by atoms with Gasteiger partial charge in [0.1, 0.15) is 11.5 Å². The van der Waals surface area contributed by atoms with Crippen molar-refractivity contribution in [1.29, 1.82) is 0 Å². The number of carbonyl (C=O) groups is 1. The fourth-order valence-electron chi connectivity index (χ4n) is 3.85. The number of furan rings is 1. The van der Waals surface area contributed by atoms with Crippen LogP contribution in [0.4, 0.5) is 0 Å². The minimum atomic E-state index is 0.125. The molecule has 0 radical (unpaired) electrons. The molecule has 1 heterocycles. The third kappa shape index (κ3) is 5.38. The Bertz CT molecular complexity index is 674. The molecule has 1 aliphatic rings. The van der Waals surface area contributed by atoms with Crippen molar-refractivity contribution in [1.82, 2.24) is 4.90 Å². The van der Waals surface area contributed by atoms with Crippen molar-refractivity contribution < 1.29 is 14.3 Å². The first kappa shape index (κ1) is 18.6. The van der Waals surface area contributed by atoms with E-state index in [-0.39, 0.29) is 11.7 Å². The molecule has 140 valence electrons. The maximum Gasteiger partial charge on any atom is 0.223 e. The molecule has 4 nitrogen and oxygen atoms in total. The van der Waals surface area contributed by atoms with Crippen LogP contribution in [-0.4, -0.2) is 15.9 Å². The van der Waals surface area contributed by atoms with E-state index in [9.17, 15) is 9.90 Å². The van der Waals surface area contributed by atoms with E-state index in [4.69, 9.17) is 4.42 Å². The maximum atomic E-state index is 12.8. The lowest BCUT2D eigenvalue weighted by Gasteiger charge is -2.24. The van der Waals surface area contributed by atoms with E-state index in [1.165, 1.54) is 32.1 Å². The highest BCUT2D eigenvalue weighted by Crippen LogP contribution is 2.28. The molecule has 0 aliphatic heterocycles. The van der Waals surface area contributed by atoms with Crippen LogP contribution in [0.1, 0.15) is 62.7 Å². The summed E-state index contributed by atoms with van der Waals surface area (Å²) in [5.41, 5.74) is 0.764. The largest absolute Gasteiger partial charge is 0.508 e. The Morgan fingerprint density at radius 2 is 1.88 bits per heavy atom. The highest BCUT2D eigenvalue weighted by atomic mass is 16.3. The van der Waals surface area contributed by atoms with E-state index >= 15 is 0 Å². The second-order valence-corrected chi connectivity index (χ2v) is 7.35. The third-order valence-electron chi connectivity index (χ3n) is 5.36. The van der Waals surface area contributed by atoms with Crippen molar-refractivity contribution in [3.63, 3.8) is 0 Å². The average Bonchev–Trinajstić information content (AvgIpc) is 3.17. The highest BCUT2D eigenvalue weighted by Gasteiger charge is 2.19. The minimum absolute atomic E-state index is 0.125. The van der Waals surface area contributed by atoms with Crippen LogP contribution in [0.3, 0.4) is 0 Å². The molecular formula is C22H29NO3. The van der Waals surface area contributed by atoms with Gasteiger partial charge < -0.3 is 14.4 Å². The van der Waals surface area contributed by atoms with Gasteiger partial charge in [-0.3, -0.25) is 4.79 Å². The number of hydrogen-bond acceptors (Lipinski definition) is 3. The lowest BCUT2D eigenvalue weighted by Crippen LogP contribution is -2.30. The molecule has 0 bridgehead atoms. The van der Waals surface area contributed by atoms with Gasteiger partial charge in [0.2, 0.25) is 5.91 Å². The Morgan fingerprint density at radius 1 is 1.08 bits per heavy atom. The molecule has 4 heteroatoms. The molecule has 2 aromatic rings. The number of nitrogens with zero attached hydrogens (tertiary/aromatic N) is 1. The molecule has 1 aliphatic carbocycles. The topological polar surface area (TPSA) is 53.7 Å². The van der Waals surface area contributed by atoms with Gasteiger partial charge in [0.05, 0.1) is 12.8 Å². The Balaban J connectivity index is 1.58. The molecule has 26 heavy (non-hydrogen) atoms. The molecule has 0 atom stereocenters. The zero-order valence-corrected chi connectivity index (χ0v) is 15.4. The molecule has 1 aromatic carbocycles. The van der Waals surface area contributed by atoms with E-state index < -0.39 is 0 Å². The fourth-order valence-corrected chi connectivity index (χ4v) is 3.85. The molecule has 1 amide bonds. The van der Waals surface area contributed by atoms with Crippen molar-refractivity contribution in [2.24, 2.45) is 5.92 Å². The maximum absolute atomic E-state index is 12.8. The van der Waals surface area contributed by atoms with E-state index in [1.54, 1.807) is 23.3 Å². The Kier molecular flexibility index (Phi) is 6.75. The lowest BCUT2D eigenvalue weighted by atomic mass is 9.86. The van der Waals surface area contributed by atoms with E-state index in [1.807, 2.05) is 24.3 Å². The standard InChI is InChI=1S/C22H29NO3/c24-21-13-5-4-11-19(21)16-23(17-20-12-7-15-26-20)22(25)14-6-10-18-8-2-1-3-9-18/h4-5,7,11-13,15,18,24H,1-3,6,8-10,14,16-17H2. The number of aromatic hydroxyl groups is 1. The van der Waals surface area contributed by atoms with Gasteiger partial charge in [0.15, 0.2) is 0 Å². The third-order valence-corrected chi connectivity index (χ3v) is 5.36. The zero-order chi connectivity index (χ0) is 18.2. The zero-order valence-electron chi connectivity index (χ0n) is 15.4. The lowest BCUT2D eigenvalue weighted by molar-refractivity contribution is -0.132. The van der Waals surface area contributed by atoms with Crippen LogP contribution >= 0.6 is 0 Å². The first-order valence-electron chi connectivity index (χ1n) is 9.79. The number of phenolic OH excluding ortho intramolecular Hbond substituents is 1. The number of para-hydroxylation sites is 1. The molecule has 1 fully saturated rings. The normalized spacial score (nSPS) is 15.1. The summed E-state index contributed by atoms with van der Waals surface area (Å²) < 4.78 is 5.43. The van der Waals surface area contributed by atoms with Gasteiger partial charge in [-0.1, -0.05) is 50.3 Å². The predicted molar refractivity (Wildman–Crippen MR) is 101 cm³/mol. The van der Waals surface area contributed by atoms with Crippen LogP contribution < -0.4 is 0 Å². The second-order valence-electron chi connectivity index (χ2n) is 7.35. The summed E-state index contributed by atoms with van der Waals surface area (Å²) in [6, 6.07) is 10.9. The molecule has 1 aromatic heterocycles. The number of carbonyl (C=O) groups excluding carboxylic acids is 1. The fraction of sp³-hybridized carbons (Fsp3) is 0.500. The highest BCUT2D eigenvalue weighted by molar-refractivity contribution is 5.76. The molecule has 1 N–H and O–H groups in total. The van der Waals surface area contributed by atoms with Crippen LogP contribution in [0.15, 0.2) is 47.1 Å². The molecular weight excluding hydrogens is 326 g/mol. The number of benzene rings is 1. The Morgan fingerprint density at radius 3 is 2.62 bits per heavy atom. The molecule has 1 saturated carbocycles. The molecule has 0 spiro atoms. The summed E-state index contributed by atoms with van der Waals surface area (Å²) in [5, 5.41) is 10.1. The molecule has 3 rings (SSSR count). The van der Waals surface area contributed by atoms with Crippen molar-refractivity contribution in [2.75, 3.05) is 0 Å². The van der Waals surface area contributed by atoms with Crippen molar-refractivity contribution in [3.8, 4) is 5.75 Å². The summed E-state index contributed by atoms with van der Waals surface area (Å²) in [6.07, 6.45) is 11.0. The quantitative estimate of drug-likeness (QED) is 0.702. The summed E-state index contributed by atoms with van der Waals surface area (Å²) in [4.78, 5) is 14.6. The summed E-state index contributed by atoms with van der Waals surface area (Å²) in [5.74, 6) is 1.92. The van der Waals surface area contributed by atoms with Gasteiger partial charge >= 0.3 is 0 Å². The van der Waals surface area contributed by atoms with E-state index in [0.29, 0.717) is 19.5 Å². The molecule has 0 saturated heterocycles. The van der Waals surface area contributed by atoms with Crippen molar-refractivity contribution in [3.05, 3.63) is 54.0 Å². The predicted octanol–water partition coefficient (Wildman–Crippen LogP) is 5.26. The summed E-state index contributed by atoms with van der Waals surface area (Å²) in [6.45, 7) is 0.833. The first-order chi connectivity index (χ1) is 12.7. The Labute approximate surface area is 155 Å². The molecule has 0 unspecified atom stereocenters. The van der Waals surface area contributed by atoms with Gasteiger partial charge in [0.25, 0.3) is 0 Å². The Hall–Kier alpha value is -2.23. The monoisotopic (exact) mass is 355 g/mol. The van der Waals surface area contributed by atoms with Gasteiger partial charge in [-0.25, -0.2) is 0 Å². The number of hydrogen-bond donors (Lipinski definition) is 1. The van der Waals surface area contributed by atoms with Crippen LogP contribution in [0, 0.1) is 5.92 Å². The smallest absolute Gasteiger partial charge is 0.223 e. The average molecular weight is 355 g/mol. The van der Waals surface area contributed by atoms with Gasteiger partial charge in [-0.05, 0) is 37.0 Å². The van der Waals surface area contributed by atoms with Crippen LogP contribution in [0.25, 0.3) is 0 Å². The number of amides is 1. The van der Waals surface area contributed by atoms with Crippen LogP contribution in [0.5, 0.6) is 5.75 Å². The van der Waals surface area contributed by atoms with Crippen molar-refractivity contribution in [2.45, 2.75) is 64.5 Å². The second kappa shape index (κ2) is 9.46. The van der Waals surface area contributed by atoms with E-state index in [0.717, 1.165) is 30.1 Å². The first-order valence-corrected chi connectivity index (χ1v) is 9.79. The SMILES string of the molecule is O=C(CCCC1CCCCC1)N(Cc1ccco1)Cc1ccccc1O. The number of rotatable bonds is 8. The van der Waals surface area contributed by atoms with Gasteiger partial charge in [0, 0.05) is 18.5 Å². The van der Waals surface area contributed by atoms with Crippen molar-refractivity contribution >= 4 is 5.91 Å². The number of phenols is 1. The van der Waals surface area contributed by atoms with Crippen LogP contribution in [0.2, 0.25) is 0 Å².